The third kappa shape index (κ3) is 11.8. The summed E-state index contributed by atoms with van der Waals surface area (Å²) >= 11 is 0. The summed E-state index contributed by atoms with van der Waals surface area (Å²) in [6.07, 6.45) is 0. The van der Waals surface area contributed by atoms with Crippen molar-refractivity contribution in [3.05, 3.63) is 12.4 Å². The van der Waals surface area contributed by atoms with E-state index in [1.807, 2.05) is 7.57 Å². The fraction of sp³-hybridized carbons (Fsp3) is 0.833. The van der Waals surface area contributed by atoms with Crippen molar-refractivity contribution in [1.29, 1.82) is 0 Å². The van der Waals surface area contributed by atoms with Crippen LogP contribution in [0.5, 0.6) is 0 Å². The molecule has 120 valence electrons. The maximum absolute atomic E-state index is 5.74. The van der Waals surface area contributed by atoms with Crippen LogP contribution in [-0.4, -0.2) is 74.6 Å². The van der Waals surface area contributed by atoms with Gasteiger partial charge in [-0.3, -0.25) is 0 Å². The Bertz CT molecular complexity index is 216. The average Bonchev–Trinajstić information content (AvgIpc) is 2.46. The van der Waals surface area contributed by atoms with E-state index in [2.05, 4.69) is 6.58 Å². The fourth-order valence-corrected chi connectivity index (χ4v) is 2.55. The molecule has 0 bridgehead atoms. The molecule has 0 amide bonds. The first-order valence-electron chi connectivity index (χ1n) is 6.73. The van der Waals surface area contributed by atoms with E-state index in [1.165, 1.54) is 0 Å². The Labute approximate surface area is 123 Å². The molecule has 0 fully saturated rings. The molecule has 0 saturated heterocycles. The predicted octanol–water partition coefficient (Wildman–Crippen LogP) is 0.617. The van der Waals surface area contributed by atoms with Crippen molar-refractivity contribution in [2.75, 3.05) is 67.1 Å². The number of methoxy groups -OCH3 is 2. The van der Waals surface area contributed by atoms with Gasteiger partial charge in [0.05, 0.1) is 0 Å². The van der Waals surface area contributed by atoms with Gasteiger partial charge in [-0.15, -0.1) is 0 Å². The molecule has 0 aromatic heterocycles. The summed E-state index contributed by atoms with van der Waals surface area (Å²) in [6, 6.07) is 0. The molecule has 0 aromatic carbocycles. The van der Waals surface area contributed by atoms with E-state index < -0.39 is 7.59 Å². The number of hydrogen-bond donors (Lipinski definition) is 0. The summed E-state index contributed by atoms with van der Waals surface area (Å²) in [6.45, 7) is 8.12. The van der Waals surface area contributed by atoms with Gasteiger partial charge in [0.1, 0.15) is 0 Å². The summed E-state index contributed by atoms with van der Waals surface area (Å²) in [4.78, 5) is 0. The third-order valence-corrected chi connectivity index (χ3v) is 4.76. The van der Waals surface area contributed by atoms with Crippen LogP contribution in [0.3, 0.4) is 0 Å². The molecule has 0 aliphatic rings. The SMILES string of the molecule is B[PH](C=C)(OCCOCCOC)OCCOCCOC. The van der Waals surface area contributed by atoms with Crippen molar-refractivity contribution in [3.8, 4) is 0 Å². The second-order valence-corrected chi connectivity index (χ2v) is 7.14. The summed E-state index contributed by atoms with van der Waals surface area (Å²) in [5.41, 5.74) is 0. The molecule has 0 N–H and O–H groups in total. The van der Waals surface area contributed by atoms with Crippen LogP contribution < -0.4 is 0 Å². The van der Waals surface area contributed by atoms with Crippen LogP contribution in [0.15, 0.2) is 12.4 Å². The molecule has 8 heteroatoms. The van der Waals surface area contributed by atoms with Crippen LogP contribution in [0.25, 0.3) is 0 Å². The average molecular weight is 310 g/mol. The Kier molecular flexibility index (Phi) is 14.0. The number of ether oxygens (including phenoxy) is 4. The minimum absolute atomic E-state index is 0.489. The quantitative estimate of drug-likeness (QED) is 0.251. The van der Waals surface area contributed by atoms with E-state index >= 15 is 0 Å². The van der Waals surface area contributed by atoms with Crippen LogP contribution in [0.1, 0.15) is 0 Å². The standard InChI is InChI=1S/C12H28BO6P/c1-4-20(13,18-11-9-16-7-5-14-2)19-12-10-17-8-6-15-3/h4,20H,1,5-13H2,2-3H3. The normalized spacial score (nSPS) is 12.5. The molecule has 0 radical (unpaired) electrons. The van der Waals surface area contributed by atoms with E-state index in [4.69, 9.17) is 28.0 Å². The molecule has 6 nitrogen and oxygen atoms in total. The molecular formula is C12H28BO6P. The molecule has 0 saturated carbocycles. The zero-order valence-electron chi connectivity index (χ0n) is 12.9. The first kappa shape index (κ1) is 20.0. The minimum atomic E-state index is -2.32. The van der Waals surface area contributed by atoms with E-state index in [-0.39, 0.29) is 0 Å². The van der Waals surface area contributed by atoms with Gasteiger partial charge in [-0.25, -0.2) is 0 Å². The molecular weight excluding hydrogens is 282 g/mol. The van der Waals surface area contributed by atoms with Gasteiger partial charge in [-0.2, -0.15) is 0 Å². The summed E-state index contributed by atoms with van der Waals surface area (Å²) < 4.78 is 31.9. The van der Waals surface area contributed by atoms with Gasteiger partial charge >= 0.3 is 123 Å². The Morgan fingerprint density at radius 2 is 1.20 bits per heavy atom. The van der Waals surface area contributed by atoms with Crippen molar-refractivity contribution < 1.29 is 28.0 Å². The van der Waals surface area contributed by atoms with Gasteiger partial charge in [0, 0.05) is 0 Å². The van der Waals surface area contributed by atoms with Crippen LogP contribution in [0.2, 0.25) is 0 Å². The molecule has 0 heterocycles. The maximum atomic E-state index is 5.74. The van der Waals surface area contributed by atoms with Gasteiger partial charge in [0.15, 0.2) is 0 Å². The van der Waals surface area contributed by atoms with Gasteiger partial charge in [-0.1, -0.05) is 0 Å². The van der Waals surface area contributed by atoms with Crippen molar-refractivity contribution >= 4 is 15.2 Å². The van der Waals surface area contributed by atoms with Crippen LogP contribution in [-0.2, 0) is 28.0 Å². The summed E-state index contributed by atoms with van der Waals surface area (Å²) in [7, 11) is 2.92. The van der Waals surface area contributed by atoms with Crippen molar-refractivity contribution in [2.45, 2.75) is 0 Å². The zero-order valence-corrected chi connectivity index (χ0v) is 13.9. The van der Waals surface area contributed by atoms with Gasteiger partial charge in [0.25, 0.3) is 0 Å². The summed E-state index contributed by atoms with van der Waals surface area (Å²) in [5.74, 6) is 1.76. The number of hydrogen-bond acceptors (Lipinski definition) is 6. The molecule has 0 aromatic rings. The van der Waals surface area contributed by atoms with Crippen molar-refractivity contribution in [3.63, 3.8) is 0 Å². The van der Waals surface area contributed by atoms with Crippen molar-refractivity contribution in [1.82, 2.24) is 0 Å². The van der Waals surface area contributed by atoms with Gasteiger partial charge in [0.2, 0.25) is 0 Å². The Hall–Kier alpha value is -0.00506. The molecule has 0 spiro atoms. The molecule has 0 aliphatic carbocycles. The Balaban J connectivity index is 3.60. The van der Waals surface area contributed by atoms with E-state index in [9.17, 15) is 0 Å². The fourth-order valence-electron chi connectivity index (χ4n) is 1.25. The molecule has 20 heavy (non-hydrogen) atoms. The van der Waals surface area contributed by atoms with Crippen LogP contribution in [0.4, 0.5) is 0 Å². The molecule has 0 aliphatic heterocycles. The van der Waals surface area contributed by atoms with Crippen LogP contribution >= 0.6 is 7.59 Å². The van der Waals surface area contributed by atoms with E-state index in [0.717, 1.165) is 0 Å². The second-order valence-electron chi connectivity index (χ2n) is 4.13. The molecule has 0 atom stereocenters. The second kappa shape index (κ2) is 14.0. The Morgan fingerprint density at radius 3 is 1.55 bits per heavy atom. The van der Waals surface area contributed by atoms with E-state index in [0.29, 0.717) is 52.9 Å². The number of rotatable bonds is 15. The van der Waals surface area contributed by atoms with Crippen molar-refractivity contribution in [2.24, 2.45) is 0 Å². The zero-order chi connectivity index (χ0) is 15.1. The first-order valence-corrected chi connectivity index (χ1v) is 9.12. The summed E-state index contributed by atoms with van der Waals surface area (Å²) in [5, 5.41) is 0. The predicted molar refractivity (Wildman–Crippen MR) is 84.4 cm³/mol. The topological polar surface area (TPSA) is 55.4 Å². The first-order chi connectivity index (χ1) is 9.68. The van der Waals surface area contributed by atoms with Gasteiger partial charge in [-0.05, 0) is 0 Å². The monoisotopic (exact) mass is 310 g/mol. The Morgan fingerprint density at radius 1 is 0.800 bits per heavy atom. The molecule has 0 rings (SSSR count). The molecule has 0 unspecified atom stereocenters. The third-order valence-electron chi connectivity index (χ3n) is 2.47. The van der Waals surface area contributed by atoms with Crippen LogP contribution in [0, 0.1) is 0 Å². The van der Waals surface area contributed by atoms with E-state index in [1.54, 1.807) is 20.0 Å². The van der Waals surface area contributed by atoms with Gasteiger partial charge < -0.3 is 0 Å².